The molecule has 0 aliphatic carbocycles. The Morgan fingerprint density at radius 2 is 1.94 bits per heavy atom. The van der Waals surface area contributed by atoms with Crippen molar-refractivity contribution in [3.63, 3.8) is 0 Å². The van der Waals surface area contributed by atoms with Gasteiger partial charge in [0.15, 0.2) is 0 Å². The van der Waals surface area contributed by atoms with Crippen LogP contribution >= 0.6 is 0 Å². The lowest BCUT2D eigenvalue weighted by atomic mass is 10.1. The van der Waals surface area contributed by atoms with Crippen LogP contribution in [0.3, 0.4) is 0 Å². The minimum absolute atomic E-state index is 0.557. The normalized spacial score (nSPS) is 10.9. The standard InChI is InChI=1S/C13H18N2O3/c1-10(14-15-13(16)18-3)4-5-11-6-8-12(17-2)9-7-11/h6-9H,4-5H2,1-3H3,(H,15,16)/b14-10-. The molecule has 1 amide bonds. The first kappa shape index (κ1) is 14.0. The predicted octanol–water partition coefficient (Wildman–Crippen LogP) is 2.36. The number of hydrogen-bond acceptors (Lipinski definition) is 4. The third kappa shape index (κ3) is 4.86. The highest BCUT2D eigenvalue weighted by molar-refractivity contribution is 5.83. The Morgan fingerprint density at radius 1 is 1.28 bits per heavy atom. The molecule has 0 aliphatic heterocycles. The number of nitrogens with zero attached hydrogens (tertiary/aromatic N) is 1. The van der Waals surface area contributed by atoms with Gasteiger partial charge in [-0.2, -0.15) is 5.10 Å². The van der Waals surface area contributed by atoms with Crippen LogP contribution in [0.2, 0.25) is 0 Å². The molecule has 0 heterocycles. The third-order valence-electron chi connectivity index (χ3n) is 2.46. The first-order valence-electron chi connectivity index (χ1n) is 5.65. The van der Waals surface area contributed by atoms with Crippen molar-refractivity contribution in [2.45, 2.75) is 19.8 Å². The maximum Gasteiger partial charge on any atom is 0.427 e. The van der Waals surface area contributed by atoms with Crippen molar-refractivity contribution >= 4 is 11.8 Å². The highest BCUT2D eigenvalue weighted by atomic mass is 16.5. The summed E-state index contributed by atoms with van der Waals surface area (Å²) < 4.78 is 9.50. The quantitative estimate of drug-likeness (QED) is 0.644. The third-order valence-corrected chi connectivity index (χ3v) is 2.46. The van der Waals surface area contributed by atoms with Gasteiger partial charge in [0, 0.05) is 5.71 Å². The van der Waals surface area contributed by atoms with Crippen molar-refractivity contribution in [1.82, 2.24) is 5.43 Å². The number of carbonyl (C=O) groups is 1. The Labute approximate surface area is 107 Å². The largest absolute Gasteiger partial charge is 0.497 e. The molecule has 0 aliphatic rings. The monoisotopic (exact) mass is 250 g/mol. The maximum atomic E-state index is 10.8. The number of nitrogens with one attached hydrogen (secondary N) is 1. The summed E-state index contributed by atoms with van der Waals surface area (Å²) >= 11 is 0. The van der Waals surface area contributed by atoms with Crippen molar-refractivity contribution in [2.24, 2.45) is 5.10 Å². The molecule has 1 N–H and O–H groups in total. The molecule has 1 rings (SSSR count). The molecule has 98 valence electrons. The minimum Gasteiger partial charge on any atom is -0.497 e. The lowest BCUT2D eigenvalue weighted by Crippen LogP contribution is -2.18. The summed E-state index contributed by atoms with van der Waals surface area (Å²) in [5, 5.41) is 3.91. The second kappa shape index (κ2) is 7.32. The zero-order valence-electron chi connectivity index (χ0n) is 10.9. The maximum absolute atomic E-state index is 10.8. The van der Waals surface area contributed by atoms with Crippen molar-refractivity contribution < 1.29 is 14.3 Å². The fourth-order valence-electron chi connectivity index (χ4n) is 1.36. The van der Waals surface area contributed by atoms with Crippen molar-refractivity contribution in [3.8, 4) is 5.75 Å². The first-order valence-corrected chi connectivity index (χ1v) is 5.65. The first-order chi connectivity index (χ1) is 8.65. The van der Waals surface area contributed by atoms with Gasteiger partial charge in [-0.25, -0.2) is 10.2 Å². The Balaban J connectivity index is 2.41. The van der Waals surface area contributed by atoms with E-state index in [1.165, 1.54) is 12.7 Å². The van der Waals surface area contributed by atoms with E-state index in [4.69, 9.17) is 4.74 Å². The Hall–Kier alpha value is -2.04. The number of hydrogen-bond donors (Lipinski definition) is 1. The van der Waals surface area contributed by atoms with Gasteiger partial charge in [-0.05, 0) is 37.5 Å². The highest BCUT2D eigenvalue weighted by Crippen LogP contribution is 2.12. The van der Waals surface area contributed by atoms with Gasteiger partial charge < -0.3 is 9.47 Å². The molecule has 0 spiro atoms. The topological polar surface area (TPSA) is 59.9 Å². The Bertz CT molecular complexity index is 413. The molecule has 0 saturated carbocycles. The van der Waals surface area contributed by atoms with E-state index < -0.39 is 6.09 Å². The van der Waals surface area contributed by atoms with Gasteiger partial charge in [0.2, 0.25) is 0 Å². The molecule has 1 aromatic carbocycles. The molecule has 0 aromatic heterocycles. The van der Waals surface area contributed by atoms with Gasteiger partial charge in [-0.3, -0.25) is 0 Å². The highest BCUT2D eigenvalue weighted by Gasteiger charge is 1.99. The van der Waals surface area contributed by atoms with Gasteiger partial charge >= 0.3 is 6.09 Å². The lowest BCUT2D eigenvalue weighted by molar-refractivity contribution is 0.171. The van der Waals surface area contributed by atoms with Crippen LogP contribution in [0.25, 0.3) is 0 Å². The number of hydrazone groups is 1. The number of rotatable bonds is 5. The SMILES string of the molecule is COC(=O)N/N=C(/C)CCc1ccc(OC)cc1. The summed E-state index contributed by atoms with van der Waals surface area (Å²) in [6.45, 7) is 1.86. The smallest absolute Gasteiger partial charge is 0.427 e. The summed E-state index contributed by atoms with van der Waals surface area (Å²) in [4.78, 5) is 10.8. The number of amides is 1. The van der Waals surface area contributed by atoms with Crippen LogP contribution < -0.4 is 10.2 Å². The molecule has 0 atom stereocenters. The summed E-state index contributed by atoms with van der Waals surface area (Å²) in [5.41, 5.74) is 4.33. The van der Waals surface area contributed by atoms with Gasteiger partial charge in [0.25, 0.3) is 0 Å². The molecule has 0 bridgehead atoms. The van der Waals surface area contributed by atoms with Crippen LogP contribution in [-0.4, -0.2) is 26.0 Å². The second-order valence-electron chi connectivity index (χ2n) is 3.80. The summed E-state index contributed by atoms with van der Waals surface area (Å²) in [6.07, 6.45) is 1.08. The zero-order valence-corrected chi connectivity index (χ0v) is 10.9. The van der Waals surface area contributed by atoms with E-state index in [0.717, 1.165) is 24.3 Å². The molecule has 18 heavy (non-hydrogen) atoms. The second-order valence-corrected chi connectivity index (χ2v) is 3.80. The lowest BCUT2D eigenvalue weighted by Gasteiger charge is -2.04. The van der Waals surface area contributed by atoms with E-state index >= 15 is 0 Å². The van der Waals surface area contributed by atoms with E-state index in [1.54, 1.807) is 7.11 Å². The zero-order chi connectivity index (χ0) is 13.4. The van der Waals surface area contributed by atoms with Crippen LogP contribution in [0.15, 0.2) is 29.4 Å². The minimum atomic E-state index is -0.557. The fraction of sp³-hybridized carbons (Fsp3) is 0.385. The van der Waals surface area contributed by atoms with E-state index in [1.807, 2.05) is 31.2 Å². The number of carbonyl (C=O) groups excluding carboxylic acids is 1. The summed E-state index contributed by atoms with van der Waals surface area (Å²) in [7, 11) is 2.95. The molecular weight excluding hydrogens is 232 g/mol. The van der Waals surface area contributed by atoms with E-state index in [2.05, 4.69) is 15.3 Å². The van der Waals surface area contributed by atoms with Crippen LogP contribution in [0, 0.1) is 0 Å². The molecule has 0 unspecified atom stereocenters. The Morgan fingerprint density at radius 3 is 2.50 bits per heavy atom. The molecule has 0 radical (unpaired) electrons. The Kier molecular flexibility index (Phi) is 5.70. The number of benzene rings is 1. The van der Waals surface area contributed by atoms with Crippen LogP contribution in [0.4, 0.5) is 4.79 Å². The molecule has 0 saturated heterocycles. The molecule has 1 aromatic rings. The van der Waals surface area contributed by atoms with Crippen molar-refractivity contribution in [2.75, 3.05) is 14.2 Å². The number of ether oxygens (including phenoxy) is 2. The van der Waals surface area contributed by atoms with Crippen LogP contribution in [-0.2, 0) is 11.2 Å². The van der Waals surface area contributed by atoms with E-state index in [9.17, 15) is 4.79 Å². The predicted molar refractivity (Wildman–Crippen MR) is 70.0 cm³/mol. The van der Waals surface area contributed by atoms with Crippen LogP contribution in [0.5, 0.6) is 5.75 Å². The number of methoxy groups -OCH3 is 2. The van der Waals surface area contributed by atoms with Gasteiger partial charge in [-0.1, -0.05) is 12.1 Å². The summed E-state index contributed by atoms with van der Waals surface area (Å²) in [6, 6.07) is 7.88. The molecule has 5 heteroatoms. The van der Waals surface area contributed by atoms with Crippen LogP contribution in [0.1, 0.15) is 18.9 Å². The van der Waals surface area contributed by atoms with Gasteiger partial charge in [0.05, 0.1) is 14.2 Å². The van der Waals surface area contributed by atoms with Gasteiger partial charge in [-0.15, -0.1) is 0 Å². The van der Waals surface area contributed by atoms with E-state index in [0.29, 0.717) is 0 Å². The molecule has 5 nitrogen and oxygen atoms in total. The molecular formula is C13H18N2O3. The van der Waals surface area contributed by atoms with Crippen molar-refractivity contribution in [3.05, 3.63) is 29.8 Å². The molecule has 0 fully saturated rings. The van der Waals surface area contributed by atoms with Crippen molar-refractivity contribution in [1.29, 1.82) is 0 Å². The fourth-order valence-corrected chi connectivity index (χ4v) is 1.36. The number of aryl methyl sites for hydroxylation is 1. The van der Waals surface area contributed by atoms with Gasteiger partial charge in [0.1, 0.15) is 5.75 Å². The average Bonchev–Trinajstić information content (AvgIpc) is 2.42. The average molecular weight is 250 g/mol. The summed E-state index contributed by atoms with van der Waals surface area (Å²) in [5.74, 6) is 0.844. The van der Waals surface area contributed by atoms with E-state index in [-0.39, 0.29) is 0 Å².